The number of nitrogens with one attached hydrogen (secondary N) is 1. The summed E-state index contributed by atoms with van der Waals surface area (Å²) >= 11 is 1.16. The number of rotatable bonds is 6. The minimum Gasteiger partial charge on any atom is -0.481 e. The van der Waals surface area contributed by atoms with Crippen molar-refractivity contribution in [3.05, 3.63) is 0 Å². The zero-order valence-electron chi connectivity index (χ0n) is 10.7. The lowest BCUT2D eigenvalue weighted by Crippen LogP contribution is -2.41. The van der Waals surface area contributed by atoms with Crippen LogP contribution in [0.2, 0.25) is 0 Å². The van der Waals surface area contributed by atoms with E-state index in [4.69, 9.17) is 5.11 Å². The molecule has 0 radical (unpaired) electrons. The summed E-state index contributed by atoms with van der Waals surface area (Å²) in [5, 5.41) is 11.5. The Bertz CT molecular complexity index is 334. The maximum Gasteiger partial charge on any atom is 0.313 e. The SMILES string of the molecule is C[C@H](NC(=O)CSCC(=O)O)[C@H]1C[C@H]2CC[C@H]1C2. The molecule has 2 rings (SSSR count). The van der Waals surface area contributed by atoms with Gasteiger partial charge in [-0.25, -0.2) is 0 Å². The fourth-order valence-corrected chi connectivity index (χ4v) is 4.09. The van der Waals surface area contributed by atoms with Crippen LogP contribution in [0, 0.1) is 17.8 Å². The molecular weight excluding hydrogens is 250 g/mol. The normalized spacial score (nSPS) is 31.3. The van der Waals surface area contributed by atoms with E-state index in [0.29, 0.717) is 5.92 Å². The Hall–Kier alpha value is -0.710. The molecule has 0 aromatic heterocycles. The molecule has 0 aromatic carbocycles. The molecule has 0 unspecified atom stereocenters. The van der Waals surface area contributed by atoms with Crippen LogP contribution in [0.25, 0.3) is 0 Å². The molecule has 2 bridgehead atoms. The molecule has 2 aliphatic rings. The molecule has 0 heterocycles. The Balaban J connectivity index is 1.69. The highest BCUT2D eigenvalue weighted by Crippen LogP contribution is 2.49. The molecule has 2 saturated carbocycles. The van der Waals surface area contributed by atoms with Gasteiger partial charge in [0.25, 0.3) is 0 Å². The van der Waals surface area contributed by atoms with E-state index >= 15 is 0 Å². The molecule has 5 heteroatoms. The average molecular weight is 271 g/mol. The fourth-order valence-electron chi connectivity index (χ4n) is 3.54. The van der Waals surface area contributed by atoms with Crippen molar-refractivity contribution in [3.63, 3.8) is 0 Å². The topological polar surface area (TPSA) is 66.4 Å². The summed E-state index contributed by atoms with van der Waals surface area (Å²) < 4.78 is 0. The number of fused-ring (bicyclic) bond motifs is 2. The highest BCUT2D eigenvalue weighted by Gasteiger charge is 2.42. The molecule has 2 fully saturated rings. The zero-order chi connectivity index (χ0) is 13.1. The van der Waals surface area contributed by atoms with Crippen LogP contribution in [0.1, 0.15) is 32.6 Å². The standard InChI is InChI=1S/C13H21NO3S/c1-8(11-5-9-2-3-10(11)4-9)14-12(15)6-18-7-13(16)17/h8-11H,2-7H2,1H3,(H,14,15)(H,16,17)/t8-,9-,10-,11+/m0/s1. The largest absolute Gasteiger partial charge is 0.481 e. The number of carbonyl (C=O) groups is 2. The minimum atomic E-state index is -0.867. The highest BCUT2D eigenvalue weighted by molar-refractivity contribution is 8.00. The predicted molar refractivity (Wildman–Crippen MR) is 71.5 cm³/mol. The number of carboxylic acid groups (broad SMARTS) is 1. The van der Waals surface area contributed by atoms with Crippen molar-refractivity contribution in [1.82, 2.24) is 5.32 Å². The summed E-state index contributed by atoms with van der Waals surface area (Å²) in [7, 11) is 0. The van der Waals surface area contributed by atoms with Gasteiger partial charge in [0, 0.05) is 6.04 Å². The van der Waals surface area contributed by atoms with Crippen LogP contribution in [0.5, 0.6) is 0 Å². The van der Waals surface area contributed by atoms with Crippen molar-refractivity contribution in [2.45, 2.75) is 38.6 Å². The number of carbonyl (C=O) groups excluding carboxylic acids is 1. The lowest BCUT2D eigenvalue weighted by Gasteiger charge is -2.28. The van der Waals surface area contributed by atoms with Gasteiger partial charge in [0.15, 0.2) is 0 Å². The number of amides is 1. The van der Waals surface area contributed by atoms with Gasteiger partial charge in [0.2, 0.25) is 5.91 Å². The van der Waals surface area contributed by atoms with Gasteiger partial charge in [-0.2, -0.15) is 0 Å². The third-order valence-corrected chi connectivity index (χ3v) is 5.20. The van der Waals surface area contributed by atoms with Gasteiger partial charge in [-0.15, -0.1) is 11.8 Å². The lowest BCUT2D eigenvalue weighted by atomic mass is 9.84. The van der Waals surface area contributed by atoms with E-state index in [1.54, 1.807) is 0 Å². The van der Waals surface area contributed by atoms with Crippen molar-refractivity contribution >= 4 is 23.6 Å². The summed E-state index contributed by atoms with van der Waals surface area (Å²) in [6.07, 6.45) is 5.30. The lowest BCUT2D eigenvalue weighted by molar-refractivity contribution is -0.133. The third kappa shape index (κ3) is 3.40. The Morgan fingerprint density at radius 2 is 2.11 bits per heavy atom. The predicted octanol–water partition coefficient (Wildman–Crippen LogP) is 1.75. The van der Waals surface area contributed by atoms with Gasteiger partial charge in [0.1, 0.15) is 0 Å². The number of thioether (sulfide) groups is 1. The summed E-state index contributed by atoms with van der Waals surface area (Å²) in [6.45, 7) is 2.09. The van der Waals surface area contributed by atoms with E-state index in [2.05, 4.69) is 12.2 Å². The van der Waals surface area contributed by atoms with E-state index in [9.17, 15) is 9.59 Å². The van der Waals surface area contributed by atoms with E-state index < -0.39 is 5.97 Å². The van der Waals surface area contributed by atoms with Crippen LogP contribution in [-0.2, 0) is 9.59 Å². The highest BCUT2D eigenvalue weighted by atomic mass is 32.2. The van der Waals surface area contributed by atoms with Gasteiger partial charge in [0.05, 0.1) is 11.5 Å². The molecular formula is C13H21NO3S. The van der Waals surface area contributed by atoms with Crippen LogP contribution in [0.3, 0.4) is 0 Å². The van der Waals surface area contributed by atoms with Crippen LogP contribution in [0.15, 0.2) is 0 Å². The first-order valence-electron chi connectivity index (χ1n) is 6.65. The van der Waals surface area contributed by atoms with Crippen molar-refractivity contribution < 1.29 is 14.7 Å². The van der Waals surface area contributed by atoms with Crippen LogP contribution < -0.4 is 5.32 Å². The second kappa shape index (κ2) is 5.95. The molecule has 102 valence electrons. The van der Waals surface area contributed by atoms with Gasteiger partial charge in [-0.1, -0.05) is 6.42 Å². The Morgan fingerprint density at radius 1 is 1.33 bits per heavy atom. The average Bonchev–Trinajstić information content (AvgIpc) is 2.89. The van der Waals surface area contributed by atoms with Crippen molar-refractivity contribution in [2.75, 3.05) is 11.5 Å². The third-order valence-electron chi connectivity index (χ3n) is 4.28. The molecule has 2 aliphatic carbocycles. The summed E-state index contributed by atoms with van der Waals surface area (Å²) in [5.41, 5.74) is 0. The van der Waals surface area contributed by atoms with Crippen molar-refractivity contribution in [1.29, 1.82) is 0 Å². The van der Waals surface area contributed by atoms with Crippen LogP contribution >= 0.6 is 11.8 Å². The monoisotopic (exact) mass is 271 g/mol. The Labute approximate surface area is 112 Å². The summed E-state index contributed by atoms with van der Waals surface area (Å²) in [6, 6.07) is 0.234. The summed E-state index contributed by atoms with van der Waals surface area (Å²) in [5.74, 6) is 1.67. The fraction of sp³-hybridized carbons (Fsp3) is 0.846. The van der Waals surface area contributed by atoms with E-state index in [1.165, 1.54) is 25.7 Å². The van der Waals surface area contributed by atoms with Crippen LogP contribution in [0.4, 0.5) is 0 Å². The Kier molecular flexibility index (Phi) is 4.54. The first-order valence-corrected chi connectivity index (χ1v) is 7.80. The van der Waals surface area contributed by atoms with E-state index in [1.807, 2.05) is 0 Å². The first kappa shape index (κ1) is 13.7. The molecule has 0 saturated heterocycles. The molecule has 0 aliphatic heterocycles. The first-order chi connectivity index (χ1) is 8.56. The number of hydrogen-bond donors (Lipinski definition) is 2. The zero-order valence-corrected chi connectivity index (χ0v) is 11.5. The maximum atomic E-state index is 11.7. The molecule has 1 amide bonds. The minimum absolute atomic E-state index is 0.00404. The second-order valence-corrected chi connectivity index (χ2v) is 6.57. The molecule has 0 spiro atoms. The van der Waals surface area contributed by atoms with E-state index in [0.717, 1.165) is 23.6 Å². The summed E-state index contributed by atoms with van der Waals surface area (Å²) in [4.78, 5) is 22.0. The number of carboxylic acids is 1. The second-order valence-electron chi connectivity index (χ2n) is 5.58. The molecule has 18 heavy (non-hydrogen) atoms. The van der Waals surface area contributed by atoms with Gasteiger partial charge in [-0.05, 0) is 43.9 Å². The number of aliphatic carboxylic acids is 1. The number of hydrogen-bond acceptors (Lipinski definition) is 3. The molecule has 0 aromatic rings. The van der Waals surface area contributed by atoms with Crippen molar-refractivity contribution in [2.24, 2.45) is 17.8 Å². The van der Waals surface area contributed by atoms with E-state index in [-0.39, 0.29) is 23.5 Å². The quantitative estimate of drug-likeness (QED) is 0.772. The van der Waals surface area contributed by atoms with Crippen LogP contribution in [-0.4, -0.2) is 34.5 Å². The Morgan fingerprint density at radius 3 is 2.67 bits per heavy atom. The van der Waals surface area contributed by atoms with Gasteiger partial charge in [-0.3, -0.25) is 9.59 Å². The van der Waals surface area contributed by atoms with Gasteiger partial charge < -0.3 is 10.4 Å². The molecule has 2 N–H and O–H groups in total. The maximum absolute atomic E-state index is 11.7. The smallest absolute Gasteiger partial charge is 0.313 e. The molecule has 4 nitrogen and oxygen atoms in total. The van der Waals surface area contributed by atoms with Crippen molar-refractivity contribution in [3.8, 4) is 0 Å². The van der Waals surface area contributed by atoms with Gasteiger partial charge >= 0.3 is 5.97 Å². The molecule has 4 atom stereocenters.